The van der Waals surface area contributed by atoms with Gasteiger partial charge in [0, 0.05) is 17.4 Å². The highest BCUT2D eigenvalue weighted by Crippen LogP contribution is 2.66. The molecule has 0 aromatic heterocycles. The molecule has 0 saturated carbocycles. The van der Waals surface area contributed by atoms with Gasteiger partial charge in [-0.15, -0.1) is 0 Å². The summed E-state index contributed by atoms with van der Waals surface area (Å²) < 4.78 is 21.4. The minimum absolute atomic E-state index is 0.118. The molecular weight excluding hydrogens is 376 g/mol. The summed E-state index contributed by atoms with van der Waals surface area (Å²) in [6.45, 7) is 3.69. The van der Waals surface area contributed by atoms with Crippen LogP contribution in [0.15, 0.2) is 47.1 Å². The Bertz CT molecular complexity index is 959. The van der Waals surface area contributed by atoms with E-state index in [0.717, 1.165) is 11.1 Å². The molecule has 1 aromatic carbocycles. The lowest BCUT2D eigenvalue weighted by Crippen LogP contribution is -2.50. The summed E-state index contributed by atoms with van der Waals surface area (Å²) in [5.41, 5.74) is 1.24. The lowest BCUT2D eigenvalue weighted by atomic mass is 9.54. The van der Waals surface area contributed by atoms with Gasteiger partial charge in [0.05, 0.1) is 38.1 Å². The monoisotopic (exact) mass is 398 g/mol. The van der Waals surface area contributed by atoms with Gasteiger partial charge >= 0.3 is 17.9 Å². The first kappa shape index (κ1) is 19.4. The Kier molecular flexibility index (Phi) is 4.58. The summed E-state index contributed by atoms with van der Waals surface area (Å²) in [5, 5.41) is 0. The molecule has 2 heterocycles. The van der Waals surface area contributed by atoms with E-state index < -0.39 is 35.5 Å². The molecule has 29 heavy (non-hydrogen) atoms. The number of methoxy groups -OCH3 is 2. The minimum Gasteiger partial charge on any atom is -0.466 e. The van der Waals surface area contributed by atoms with E-state index in [4.69, 9.17) is 18.9 Å². The number of benzene rings is 1. The van der Waals surface area contributed by atoms with Crippen LogP contribution in [0.5, 0.6) is 0 Å². The summed E-state index contributed by atoms with van der Waals surface area (Å²) in [7, 11) is 2.50. The molecule has 1 aromatic rings. The molecule has 1 saturated heterocycles. The first-order valence-electron chi connectivity index (χ1n) is 9.46. The molecule has 7 nitrogen and oxygen atoms in total. The standard InChI is InChI=1S/C22H22O7/c1-5-28-20(24)14-12(11-9-7-6-8-10-11)13-16(14)22(2)17(21(25)27-4)15(18(13)29-22)19(23)26-3/h6-10,13,16,18H,5H2,1-4H3. The molecule has 3 aliphatic rings. The second kappa shape index (κ2) is 6.84. The summed E-state index contributed by atoms with van der Waals surface area (Å²) in [4.78, 5) is 37.9. The highest BCUT2D eigenvalue weighted by atomic mass is 16.6. The van der Waals surface area contributed by atoms with Crippen molar-refractivity contribution in [2.24, 2.45) is 11.8 Å². The first-order chi connectivity index (χ1) is 13.9. The number of carbonyl (C=O) groups excluding carboxylic acids is 3. The molecule has 0 amide bonds. The van der Waals surface area contributed by atoms with Gasteiger partial charge in [0.15, 0.2) is 0 Å². The molecule has 1 aliphatic carbocycles. The van der Waals surface area contributed by atoms with Crippen molar-refractivity contribution in [3.05, 3.63) is 52.6 Å². The number of esters is 3. The summed E-state index contributed by atoms with van der Waals surface area (Å²) in [5.74, 6) is -2.40. The van der Waals surface area contributed by atoms with Crippen LogP contribution in [0.3, 0.4) is 0 Å². The van der Waals surface area contributed by atoms with Crippen LogP contribution in [0.4, 0.5) is 0 Å². The van der Waals surface area contributed by atoms with Crippen LogP contribution in [0, 0.1) is 11.8 Å². The average Bonchev–Trinajstić information content (AvgIpc) is 3.12. The van der Waals surface area contributed by atoms with Gasteiger partial charge in [0.2, 0.25) is 0 Å². The quantitative estimate of drug-likeness (QED) is 0.554. The van der Waals surface area contributed by atoms with Gasteiger partial charge in [0.1, 0.15) is 5.60 Å². The maximum Gasteiger partial charge on any atom is 0.337 e. The van der Waals surface area contributed by atoms with Crippen molar-refractivity contribution in [2.75, 3.05) is 20.8 Å². The Labute approximate surface area is 168 Å². The Morgan fingerprint density at radius 2 is 1.66 bits per heavy atom. The van der Waals surface area contributed by atoms with Crippen molar-refractivity contribution in [1.82, 2.24) is 0 Å². The topological polar surface area (TPSA) is 88.1 Å². The summed E-state index contributed by atoms with van der Waals surface area (Å²) >= 11 is 0. The largest absolute Gasteiger partial charge is 0.466 e. The molecule has 2 aliphatic heterocycles. The highest BCUT2D eigenvalue weighted by molar-refractivity contribution is 6.10. The molecule has 4 atom stereocenters. The van der Waals surface area contributed by atoms with Gasteiger partial charge in [-0.3, -0.25) is 0 Å². The van der Waals surface area contributed by atoms with E-state index in [1.807, 2.05) is 30.3 Å². The zero-order valence-electron chi connectivity index (χ0n) is 16.7. The molecule has 0 radical (unpaired) electrons. The number of hydrogen-bond donors (Lipinski definition) is 0. The summed E-state index contributed by atoms with van der Waals surface area (Å²) in [6.07, 6.45) is -0.695. The van der Waals surface area contributed by atoms with Gasteiger partial charge in [-0.05, 0) is 25.0 Å². The Hall–Kier alpha value is -2.93. The maximum absolute atomic E-state index is 12.8. The third kappa shape index (κ3) is 2.50. The molecule has 0 N–H and O–H groups in total. The van der Waals surface area contributed by atoms with Gasteiger partial charge < -0.3 is 18.9 Å². The molecule has 1 fully saturated rings. The predicted molar refractivity (Wildman–Crippen MR) is 101 cm³/mol. The highest BCUT2D eigenvalue weighted by Gasteiger charge is 2.71. The van der Waals surface area contributed by atoms with Crippen molar-refractivity contribution in [3.8, 4) is 0 Å². The van der Waals surface area contributed by atoms with Crippen molar-refractivity contribution in [2.45, 2.75) is 25.6 Å². The fraction of sp³-hybridized carbons (Fsp3) is 0.409. The van der Waals surface area contributed by atoms with E-state index >= 15 is 0 Å². The third-order valence-electron chi connectivity index (χ3n) is 6.01. The Morgan fingerprint density at radius 1 is 1.00 bits per heavy atom. The maximum atomic E-state index is 12.8. The smallest absolute Gasteiger partial charge is 0.337 e. The molecule has 4 unspecified atom stereocenters. The second-order valence-electron chi connectivity index (χ2n) is 7.33. The lowest BCUT2D eigenvalue weighted by molar-refractivity contribution is -0.142. The molecule has 7 heteroatoms. The van der Waals surface area contributed by atoms with Crippen molar-refractivity contribution < 1.29 is 33.3 Å². The van der Waals surface area contributed by atoms with Crippen LogP contribution < -0.4 is 0 Å². The van der Waals surface area contributed by atoms with Crippen molar-refractivity contribution >= 4 is 23.5 Å². The van der Waals surface area contributed by atoms with E-state index in [-0.39, 0.29) is 23.7 Å². The van der Waals surface area contributed by atoms with Crippen LogP contribution in [-0.2, 0) is 33.3 Å². The fourth-order valence-corrected chi connectivity index (χ4v) is 4.97. The van der Waals surface area contributed by atoms with Crippen molar-refractivity contribution in [1.29, 1.82) is 0 Å². The van der Waals surface area contributed by atoms with E-state index in [1.165, 1.54) is 14.2 Å². The van der Waals surface area contributed by atoms with E-state index in [0.29, 0.717) is 5.57 Å². The van der Waals surface area contributed by atoms with Crippen LogP contribution in [-0.4, -0.2) is 50.4 Å². The average molecular weight is 398 g/mol. The number of carbonyl (C=O) groups is 3. The van der Waals surface area contributed by atoms with E-state index in [2.05, 4.69) is 0 Å². The predicted octanol–water partition coefficient (Wildman–Crippen LogP) is 2.06. The van der Waals surface area contributed by atoms with Crippen LogP contribution in [0.25, 0.3) is 5.57 Å². The van der Waals surface area contributed by atoms with Crippen molar-refractivity contribution in [3.63, 3.8) is 0 Å². The molecular formula is C22H22O7. The lowest BCUT2D eigenvalue weighted by Gasteiger charge is -2.45. The number of hydrogen-bond acceptors (Lipinski definition) is 7. The first-order valence-corrected chi connectivity index (χ1v) is 9.46. The fourth-order valence-electron chi connectivity index (χ4n) is 4.97. The molecule has 0 spiro atoms. The van der Waals surface area contributed by atoms with E-state index in [9.17, 15) is 14.4 Å². The number of ether oxygens (including phenoxy) is 4. The van der Waals surface area contributed by atoms with E-state index in [1.54, 1.807) is 13.8 Å². The molecule has 2 bridgehead atoms. The van der Waals surface area contributed by atoms with Crippen LogP contribution in [0.2, 0.25) is 0 Å². The SMILES string of the molecule is CCOC(=O)C1=C(c2ccccc2)C2C3OC(C)(C(C(=O)OC)=C3C(=O)OC)C12. The van der Waals surface area contributed by atoms with Crippen LogP contribution in [0.1, 0.15) is 19.4 Å². The normalized spacial score (nSPS) is 29.3. The number of fused-ring (bicyclic) bond motifs is 5. The van der Waals surface area contributed by atoms with Gasteiger partial charge in [0.25, 0.3) is 0 Å². The molecule has 152 valence electrons. The van der Waals surface area contributed by atoms with Gasteiger partial charge in [-0.25, -0.2) is 14.4 Å². The van der Waals surface area contributed by atoms with Crippen LogP contribution >= 0.6 is 0 Å². The second-order valence-corrected chi connectivity index (χ2v) is 7.33. The Morgan fingerprint density at radius 3 is 2.24 bits per heavy atom. The zero-order valence-corrected chi connectivity index (χ0v) is 16.7. The third-order valence-corrected chi connectivity index (χ3v) is 6.01. The zero-order chi connectivity index (χ0) is 20.9. The minimum atomic E-state index is -1.17. The molecule has 4 rings (SSSR count). The van der Waals surface area contributed by atoms with Gasteiger partial charge in [-0.2, -0.15) is 0 Å². The van der Waals surface area contributed by atoms with Gasteiger partial charge in [-0.1, -0.05) is 30.3 Å². The number of rotatable bonds is 5. The Balaban J connectivity index is 1.89. The summed E-state index contributed by atoms with van der Waals surface area (Å²) in [6, 6.07) is 9.46.